The monoisotopic (exact) mass is 465 g/mol. The fourth-order valence-electron chi connectivity index (χ4n) is 2.52. The second-order valence-corrected chi connectivity index (χ2v) is 5.83. The molecule has 1 rings (SSSR count). The smallest absolute Gasteiger partial charge is 0.357 e. The molecule has 1 fully saturated rings. The van der Waals surface area contributed by atoms with E-state index in [-0.39, 0.29) is 36.6 Å². The summed E-state index contributed by atoms with van der Waals surface area (Å²) < 4.78 is 36.6. The van der Waals surface area contributed by atoms with Gasteiger partial charge in [0.25, 0.3) is 0 Å². The summed E-state index contributed by atoms with van der Waals surface area (Å²) in [6.45, 7) is 12.5. The fourth-order valence-corrected chi connectivity index (χ4v) is 2.52. The molecular formula is C15H31F3IN5. The minimum absolute atomic E-state index is 0. The SMILES string of the molecule is CCNC(=NCC(C)N1CCN(CC)CC1)NCCC(F)(F)F.I. The van der Waals surface area contributed by atoms with Gasteiger partial charge in [0.2, 0.25) is 0 Å². The molecule has 1 heterocycles. The Bertz CT molecular complexity index is 358. The summed E-state index contributed by atoms with van der Waals surface area (Å²) >= 11 is 0. The molecule has 2 N–H and O–H groups in total. The molecule has 0 aromatic rings. The van der Waals surface area contributed by atoms with Crippen molar-refractivity contribution in [3.05, 3.63) is 0 Å². The first-order chi connectivity index (χ1) is 10.9. The summed E-state index contributed by atoms with van der Waals surface area (Å²) in [5.74, 6) is 0.454. The Kier molecular flexibility index (Phi) is 12.0. The number of aliphatic imine (C=N–C) groups is 1. The Morgan fingerprint density at radius 1 is 1.12 bits per heavy atom. The van der Waals surface area contributed by atoms with Gasteiger partial charge in [0, 0.05) is 45.3 Å². The van der Waals surface area contributed by atoms with Gasteiger partial charge in [-0.25, -0.2) is 0 Å². The minimum Gasteiger partial charge on any atom is -0.357 e. The predicted octanol–water partition coefficient (Wildman–Crippen LogP) is 2.14. The van der Waals surface area contributed by atoms with Crippen LogP contribution < -0.4 is 10.6 Å². The predicted molar refractivity (Wildman–Crippen MR) is 103 cm³/mol. The van der Waals surface area contributed by atoms with Gasteiger partial charge in [-0.2, -0.15) is 13.2 Å². The van der Waals surface area contributed by atoms with E-state index in [0.717, 1.165) is 32.7 Å². The topological polar surface area (TPSA) is 42.9 Å². The number of guanidine groups is 1. The van der Waals surface area contributed by atoms with Gasteiger partial charge in [0.15, 0.2) is 5.96 Å². The highest BCUT2D eigenvalue weighted by Gasteiger charge is 2.26. The van der Waals surface area contributed by atoms with Gasteiger partial charge in [-0.1, -0.05) is 6.92 Å². The van der Waals surface area contributed by atoms with Gasteiger partial charge in [-0.15, -0.1) is 24.0 Å². The van der Waals surface area contributed by atoms with Gasteiger partial charge in [-0.3, -0.25) is 9.89 Å². The number of hydrogen-bond acceptors (Lipinski definition) is 3. The van der Waals surface area contributed by atoms with Gasteiger partial charge >= 0.3 is 6.18 Å². The third kappa shape index (κ3) is 9.87. The molecule has 0 bridgehead atoms. The molecule has 1 aliphatic rings. The van der Waals surface area contributed by atoms with Crippen molar-refractivity contribution in [2.75, 3.05) is 52.4 Å². The van der Waals surface area contributed by atoms with Crippen LogP contribution in [0, 0.1) is 0 Å². The highest BCUT2D eigenvalue weighted by Crippen LogP contribution is 2.18. The first-order valence-corrected chi connectivity index (χ1v) is 8.41. The molecule has 9 heteroatoms. The maximum atomic E-state index is 12.2. The van der Waals surface area contributed by atoms with E-state index in [1.54, 1.807) is 0 Å². The number of hydrogen-bond donors (Lipinski definition) is 2. The number of nitrogens with one attached hydrogen (secondary N) is 2. The van der Waals surface area contributed by atoms with Crippen LogP contribution >= 0.6 is 24.0 Å². The quantitative estimate of drug-likeness (QED) is 0.344. The molecular weight excluding hydrogens is 434 g/mol. The van der Waals surface area contributed by atoms with Crippen molar-refractivity contribution in [2.45, 2.75) is 39.4 Å². The Morgan fingerprint density at radius 2 is 1.75 bits per heavy atom. The maximum absolute atomic E-state index is 12.2. The third-order valence-corrected chi connectivity index (χ3v) is 4.04. The van der Waals surface area contributed by atoms with Crippen LogP contribution in [0.3, 0.4) is 0 Å². The van der Waals surface area contributed by atoms with Crippen molar-refractivity contribution in [1.82, 2.24) is 20.4 Å². The highest BCUT2D eigenvalue weighted by molar-refractivity contribution is 14.0. The van der Waals surface area contributed by atoms with E-state index < -0.39 is 12.6 Å². The Labute approximate surface area is 160 Å². The van der Waals surface area contributed by atoms with Crippen LogP contribution in [0.5, 0.6) is 0 Å². The Balaban J connectivity index is 0.00000529. The standard InChI is InChI=1S/C15H30F3N5.HI/c1-4-19-14(20-7-6-15(16,17)18)21-12-13(3)23-10-8-22(5-2)9-11-23;/h13H,4-12H2,1-3H3,(H2,19,20,21);1H. The summed E-state index contributed by atoms with van der Waals surface area (Å²) in [6, 6.07) is 0.284. The van der Waals surface area contributed by atoms with Gasteiger partial charge in [0.1, 0.15) is 0 Å². The lowest BCUT2D eigenvalue weighted by molar-refractivity contribution is -0.132. The van der Waals surface area contributed by atoms with Crippen LogP contribution in [0.1, 0.15) is 27.2 Å². The van der Waals surface area contributed by atoms with Crippen LogP contribution in [0.4, 0.5) is 13.2 Å². The number of piperazine rings is 1. The molecule has 0 aromatic carbocycles. The number of rotatable bonds is 7. The fraction of sp³-hybridized carbons (Fsp3) is 0.933. The lowest BCUT2D eigenvalue weighted by atomic mass is 10.2. The van der Waals surface area contributed by atoms with Crippen molar-refractivity contribution < 1.29 is 13.2 Å². The van der Waals surface area contributed by atoms with E-state index >= 15 is 0 Å². The van der Waals surface area contributed by atoms with Crippen molar-refractivity contribution in [1.29, 1.82) is 0 Å². The number of nitrogens with zero attached hydrogens (tertiary/aromatic N) is 3. The molecule has 1 atom stereocenters. The van der Waals surface area contributed by atoms with Gasteiger partial charge in [-0.05, 0) is 20.4 Å². The molecule has 1 aliphatic heterocycles. The largest absolute Gasteiger partial charge is 0.390 e. The number of halogens is 4. The van der Waals surface area contributed by atoms with Crippen LogP contribution in [0.2, 0.25) is 0 Å². The van der Waals surface area contributed by atoms with E-state index in [1.807, 2.05) is 6.92 Å². The van der Waals surface area contributed by atoms with Crippen LogP contribution in [0.15, 0.2) is 4.99 Å². The summed E-state index contributed by atoms with van der Waals surface area (Å²) in [5.41, 5.74) is 0. The highest BCUT2D eigenvalue weighted by atomic mass is 127. The maximum Gasteiger partial charge on any atom is 0.390 e. The van der Waals surface area contributed by atoms with E-state index in [1.165, 1.54) is 0 Å². The molecule has 0 saturated carbocycles. The summed E-state index contributed by atoms with van der Waals surface area (Å²) in [7, 11) is 0. The molecule has 24 heavy (non-hydrogen) atoms. The molecule has 1 unspecified atom stereocenters. The first-order valence-electron chi connectivity index (χ1n) is 8.41. The molecule has 0 amide bonds. The molecule has 5 nitrogen and oxygen atoms in total. The van der Waals surface area contributed by atoms with Crippen molar-refractivity contribution in [2.24, 2.45) is 4.99 Å². The van der Waals surface area contributed by atoms with Crippen molar-refractivity contribution in [3.8, 4) is 0 Å². The van der Waals surface area contributed by atoms with Crippen LogP contribution in [-0.4, -0.2) is 80.3 Å². The van der Waals surface area contributed by atoms with E-state index in [4.69, 9.17) is 0 Å². The zero-order chi connectivity index (χ0) is 17.3. The average Bonchev–Trinajstić information content (AvgIpc) is 2.51. The summed E-state index contributed by atoms with van der Waals surface area (Å²) in [4.78, 5) is 9.21. The normalized spacial score (nSPS) is 18.8. The number of likely N-dealkylation sites (N-methyl/N-ethyl adjacent to an activating group) is 1. The van der Waals surface area contributed by atoms with Gasteiger partial charge < -0.3 is 15.5 Å². The molecule has 0 radical (unpaired) electrons. The molecule has 144 valence electrons. The zero-order valence-electron chi connectivity index (χ0n) is 14.8. The van der Waals surface area contributed by atoms with Crippen LogP contribution in [-0.2, 0) is 0 Å². The van der Waals surface area contributed by atoms with Crippen LogP contribution in [0.25, 0.3) is 0 Å². The second-order valence-electron chi connectivity index (χ2n) is 5.83. The number of alkyl halides is 3. The molecule has 0 aromatic heterocycles. The van der Waals surface area contributed by atoms with E-state index in [0.29, 0.717) is 19.0 Å². The van der Waals surface area contributed by atoms with E-state index in [9.17, 15) is 13.2 Å². The van der Waals surface area contributed by atoms with Gasteiger partial charge in [0.05, 0.1) is 13.0 Å². The second kappa shape index (κ2) is 12.1. The average molecular weight is 465 g/mol. The lowest BCUT2D eigenvalue weighted by Crippen LogP contribution is -2.50. The van der Waals surface area contributed by atoms with E-state index in [2.05, 4.69) is 39.3 Å². The lowest BCUT2D eigenvalue weighted by Gasteiger charge is -2.37. The minimum atomic E-state index is -4.14. The summed E-state index contributed by atoms with van der Waals surface area (Å²) in [5, 5.41) is 5.73. The molecule has 0 aliphatic carbocycles. The molecule has 0 spiro atoms. The Hall–Kier alpha value is -0.290. The Morgan fingerprint density at radius 3 is 2.25 bits per heavy atom. The van der Waals surface area contributed by atoms with Crippen molar-refractivity contribution >= 4 is 29.9 Å². The third-order valence-electron chi connectivity index (χ3n) is 4.04. The summed E-state index contributed by atoms with van der Waals surface area (Å²) in [6.07, 6.45) is -5.00. The molecule has 1 saturated heterocycles. The first kappa shape index (κ1) is 23.7. The zero-order valence-corrected chi connectivity index (χ0v) is 17.2. The van der Waals surface area contributed by atoms with Crippen molar-refractivity contribution in [3.63, 3.8) is 0 Å².